The Hall–Kier alpha value is -1.49. The summed E-state index contributed by atoms with van der Waals surface area (Å²) in [4.78, 5) is 10.0. The zero-order valence-corrected chi connectivity index (χ0v) is 7.37. The van der Waals surface area contributed by atoms with E-state index in [-0.39, 0.29) is 11.3 Å². The van der Waals surface area contributed by atoms with E-state index in [1.54, 1.807) is 0 Å². The lowest BCUT2D eigenvalue weighted by Crippen LogP contribution is -2.22. The van der Waals surface area contributed by atoms with Crippen LogP contribution in [-0.2, 0) is 5.54 Å². The highest BCUT2D eigenvalue weighted by Crippen LogP contribution is 2.47. The van der Waals surface area contributed by atoms with Gasteiger partial charge in [0.25, 0.3) is 5.69 Å². The molecule has 2 N–H and O–H groups in total. The highest BCUT2D eigenvalue weighted by atomic mass is 19.1. The van der Waals surface area contributed by atoms with Crippen molar-refractivity contribution in [1.29, 1.82) is 0 Å². The molecule has 1 aromatic rings. The molecule has 0 amide bonds. The summed E-state index contributed by atoms with van der Waals surface area (Å²) in [5, 5.41) is 10.6. The summed E-state index contributed by atoms with van der Waals surface area (Å²) in [5.74, 6) is -0.584. The Morgan fingerprint density at radius 2 is 2.14 bits per heavy atom. The van der Waals surface area contributed by atoms with Gasteiger partial charge >= 0.3 is 0 Å². The van der Waals surface area contributed by atoms with Crippen LogP contribution in [0.25, 0.3) is 0 Å². The summed E-state index contributed by atoms with van der Waals surface area (Å²) in [6.45, 7) is 0. The first kappa shape index (κ1) is 9.08. The molecule has 4 nitrogen and oxygen atoms in total. The molecule has 74 valence electrons. The number of rotatable bonds is 2. The molecule has 0 spiro atoms. The van der Waals surface area contributed by atoms with Crippen LogP contribution in [0.3, 0.4) is 0 Å². The Bertz CT molecular complexity index is 402. The van der Waals surface area contributed by atoms with E-state index in [0.29, 0.717) is 12.8 Å². The van der Waals surface area contributed by atoms with Crippen LogP contribution >= 0.6 is 0 Å². The van der Waals surface area contributed by atoms with Crippen molar-refractivity contribution in [2.24, 2.45) is 5.73 Å². The lowest BCUT2D eigenvalue weighted by molar-refractivity contribution is -0.386. The van der Waals surface area contributed by atoms with Crippen molar-refractivity contribution in [3.05, 3.63) is 39.7 Å². The highest BCUT2D eigenvalue weighted by Gasteiger charge is 2.46. The Kier molecular flexibility index (Phi) is 1.78. The van der Waals surface area contributed by atoms with Gasteiger partial charge in [-0.15, -0.1) is 0 Å². The standard InChI is InChI=1S/C9H9FN2O2/c10-6-2-1-3-7(12(13)14)8(6)9(11)4-5-9/h1-3H,4-5,11H2. The van der Waals surface area contributed by atoms with Gasteiger partial charge in [0.15, 0.2) is 0 Å². The van der Waals surface area contributed by atoms with E-state index in [4.69, 9.17) is 5.73 Å². The highest BCUT2D eigenvalue weighted by molar-refractivity contribution is 5.48. The van der Waals surface area contributed by atoms with Gasteiger partial charge in [-0.25, -0.2) is 4.39 Å². The molecule has 0 heterocycles. The van der Waals surface area contributed by atoms with Crippen molar-refractivity contribution in [3.63, 3.8) is 0 Å². The van der Waals surface area contributed by atoms with Crippen molar-refractivity contribution < 1.29 is 9.31 Å². The predicted octanol–water partition coefficient (Wildman–Crippen LogP) is 1.68. The van der Waals surface area contributed by atoms with Crippen molar-refractivity contribution in [3.8, 4) is 0 Å². The van der Waals surface area contributed by atoms with Crippen LogP contribution in [0.5, 0.6) is 0 Å². The third-order valence-electron chi connectivity index (χ3n) is 2.47. The molecule has 5 heteroatoms. The maximum atomic E-state index is 13.4. The monoisotopic (exact) mass is 196 g/mol. The summed E-state index contributed by atoms with van der Waals surface area (Å²) >= 11 is 0. The summed E-state index contributed by atoms with van der Waals surface area (Å²) < 4.78 is 13.4. The predicted molar refractivity (Wildman–Crippen MR) is 48.2 cm³/mol. The summed E-state index contributed by atoms with van der Waals surface area (Å²) in [6, 6.07) is 3.81. The molecule has 0 aliphatic heterocycles. The molecule has 0 aromatic heterocycles. The molecule has 0 saturated heterocycles. The minimum absolute atomic E-state index is 0.0463. The van der Waals surface area contributed by atoms with Crippen LogP contribution in [0.1, 0.15) is 18.4 Å². The molecule has 0 atom stereocenters. The Morgan fingerprint density at radius 1 is 1.50 bits per heavy atom. The Labute approximate surface area is 79.7 Å². The molecule has 0 unspecified atom stereocenters. The molecule has 1 saturated carbocycles. The van der Waals surface area contributed by atoms with Gasteiger partial charge in [-0.1, -0.05) is 6.07 Å². The van der Waals surface area contributed by atoms with Gasteiger partial charge in [-0.3, -0.25) is 10.1 Å². The van der Waals surface area contributed by atoms with Gasteiger partial charge in [-0.05, 0) is 18.9 Å². The molecule has 0 bridgehead atoms. The minimum atomic E-state index is -0.812. The van der Waals surface area contributed by atoms with Crippen LogP contribution in [0.2, 0.25) is 0 Å². The third kappa shape index (κ3) is 1.26. The summed E-state index contributed by atoms with van der Waals surface area (Å²) in [5.41, 5.74) is 4.78. The van der Waals surface area contributed by atoms with Gasteiger partial charge in [0.2, 0.25) is 0 Å². The smallest absolute Gasteiger partial charge is 0.277 e. The van der Waals surface area contributed by atoms with Crippen molar-refractivity contribution in [2.45, 2.75) is 18.4 Å². The van der Waals surface area contributed by atoms with Gasteiger partial charge in [0, 0.05) is 6.07 Å². The number of halogens is 1. The Balaban J connectivity index is 2.60. The molecule has 14 heavy (non-hydrogen) atoms. The summed E-state index contributed by atoms with van der Waals surface area (Å²) in [6.07, 6.45) is 1.21. The van der Waals surface area contributed by atoms with E-state index in [1.165, 1.54) is 18.2 Å². The van der Waals surface area contributed by atoms with Crippen LogP contribution < -0.4 is 5.73 Å². The molecule has 2 rings (SSSR count). The van der Waals surface area contributed by atoms with E-state index in [9.17, 15) is 14.5 Å². The van der Waals surface area contributed by atoms with Crippen molar-refractivity contribution in [1.82, 2.24) is 0 Å². The topological polar surface area (TPSA) is 69.2 Å². The number of nitro groups is 1. The van der Waals surface area contributed by atoms with Crippen LogP contribution in [0.15, 0.2) is 18.2 Å². The summed E-state index contributed by atoms with van der Waals surface area (Å²) in [7, 11) is 0. The third-order valence-corrected chi connectivity index (χ3v) is 2.47. The number of benzene rings is 1. The lowest BCUT2D eigenvalue weighted by atomic mass is 10.0. The van der Waals surface area contributed by atoms with E-state index in [0.717, 1.165) is 0 Å². The van der Waals surface area contributed by atoms with Gasteiger partial charge in [0.05, 0.1) is 16.0 Å². The largest absolute Gasteiger partial charge is 0.321 e. The Morgan fingerprint density at radius 3 is 2.64 bits per heavy atom. The van der Waals surface area contributed by atoms with Crippen molar-refractivity contribution in [2.75, 3.05) is 0 Å². The van der Waals surface area contributed by atoms with E-state index < -0.39 is 16.3 Å². The second-order valence-electron chi connectivity index (χ2n) is 3.55. The SMILES string of the molecule is NC1(c2c(F)cccc2[N+](=O)[O-])CC1. The van der Waals surface area contributed by atoms with Gasteiger partial charge in [0.1, 0.15) is 5.82 Å². The fraction of sp³-hybridized carbons (Fsp3) is 0.333. The van der Waals surface area contributed by atoms with Crippen molar-refractivity contribution >= 4 is 5.69 Å². The fourth-order valence-corrected chi connectivity index (χ4v) is 1.54. The number of nitrogens with two attached hydrogens (primary N) is 1. The van der Waals surface area contributed by atoms with Gasteiger partial charge < -0.3 is 5.73 Å². The lowest BCUT2D eigenvalue weighted by Gasteiger charge is -2.10. The first-order chi connectivity index (χ1) is 6.54. The van der Waals surface area contributed by atoms with E-state index in [2.05, 4.69) is 0 Å². The zero-order valence-electron chi connectivity index (χ0n) is 7.37. The number of nitrogens with zero attached hydrogens (tertiary/aromatic N) is 1. The quantitative estimate of drug-likeness (QED) is 0.577. The maximum absolute atomic E-state index is 13.4. The molecular formula is C9H9FN2O2. The van der Waals surface area contributed by atoms with Crippen LogP contribution in [0.4, 0.5) is 10.1 Å². The molecule has 0 radical (unpaired) electrons. The van der Waals surface area contributed by atoms with Crippen LogP contribution in [-0.4, -0.2) is 4.92 Å². The number of hydrogen-bond donors (Lipinski definition) is 1. The van der Waals surface area contributed by atoms with E-state index >= 15 is 0 Å². The molecule has 1 aliphatic carbocycles. The first-order valence-electron chi connectivity index (χ1n) is 4.27. The zero-order chi connectivity index (χ0) is 10.3. The number of hydrogen-bond acceptors (Lipinski definition) is 3. The minimum Gasteiger partial charge on any atom is -0.321 e. The fourth-order valence-electron chi connectivity index (χ4n) is 1.54. The second kappa shape index (κ2) is 2.75. The molecule has 1 aliphatic rings. The maximum Gasteiger partial charge on any atom is 0.277 e. The van der Waals surface area contributed by atoms with Crippen LogP contribution in [0, 0.1) is 15.9 Å². The second-order valence-corrected chi connectivity index (χ2v) is 3.55. The van der Waals surface area contributed by atoms with E-state index in [1.807, 2.05) is 0 Å². The van der Waals surface area contributed by atoms with Gasteiger partial charge in [-0.2, -0.15) is 0 Å². The number of nitro benzene ring substituents is 1. The molecule has 1 aromatic carbocycles. The normalized spacial score (nSPS) is 17.9. The average molecular weight is 196 g/mol. The first-order valence-corrected chi connectivity index (χ1v) is 4.27. The molecular weight excluding hydrogens is 187 g/mol. The average Bonchev–Trinajstić information content (AvgIpc) is 2.84. The molecule has 1 fully saturated rings.